The molecule has 1 aromatic heterocycles. The summed E-state index contributed by atoms with van der Waals surface area (Å²) in [6.07, 6.45) is 0. The van der Waals surface area contributed by atoms with Gasteiger partial charge in [0.2, 0.25) is 5.91 Å². The smallest absolute Gasteiger partial charge is 0.253 e. The molecule has 1 atom stereocenters. The summed E-state index contributed by atoms with van der Waals surface area (Å²) in [7, 11) is 0. The van der Waals surface area contributed by atoms with Crippen molar-refractivity contribution in [3.63, 3.8) is 0 Å². The Kier molecular flexibility index (Phi) is 5.85. The first kappa shape index (κ1) is 20.4. The number of para-hydroxylation sites is 2. The Morgan fingerprint density at radius 1 is 0.903 bits per heavy atom. The van der Waals surface area contributed by atoms with Gasteiger partial charge in [0, 0.05) is 11.2 Å². The quantitative estimate of drug-likeness (QED) is 0.465. The van der Waals surface area contributed by atoms with Crippen molar-refractivity contribution >= 4 is 28.4 Å². The molecule has 0 aliphatic carbocycles. The van der Waals surface area contributed by atoms with E-state index < -0.39 is 0 Å². The van der Waals surface area contributed by atoms with E-state index in [9.17, 15) is 9.59 Å². The Balaban J connectivity index is 1.50. The maximum absolute atomic E-state index is 12.9. The molecule has 0 fully saturated rings. The largest absolute Gasteiger partial charge is 0.345 e. The Bertz CT molecular complexity index is 1230. The molecule has 156 valence electrons. The summed E-state index contributed by atoms with van der Waals surface area (Å²) in [5.41, 5.74) is 3.98. The minimum absolute atomic E-state index is 0.147. The molecule has 0 saturated heterocycles. The van der Waals surface area contributed by atoms with Gasteiger partial charge in [0.25, 0.3) is 5.91 Å². The van der Waals surface area contributed by atoms with Crippen molar-refractivity contribution in [3.8, 4) is 0 Å². The molecule has 2 N–H and O–H groups in total. The van der Waals surface area contributed by atoms with Crippen molar-refractivity contribution in [3.05, 3.63) is 102 Å². The van der Waals surface area contributed by atoms with Crippen molar-refractivity contribution in [1.82, 2.24) is 9.88 Å². The standard InChI is InChI=1S/C26H25N3O2/c1-18-16-21-12-6-9-15-24(21)29(18)17-25(30)28-23-14-8-7-13-22(23)26(31)27-19(2)20-10-4-3-5-11-20/h3-16,19H,17H2,1-2H3,(H,27,31)(H,28,30). The summed E-state index contributed by atoms with van der Waals surface area (Å²) < 4.78 is 1.98. The van der Waals surface area contributed by atoms with E-state index in [0.717, 1.165) is 22.2 Å². The number of anilines is 1. The second kappa shape index (κ2) is 8.88. The molecule has 0 aliphatic heterocycles. The molecule has 5 heteroatoms. The van der Waals surface area contributed by atoms with Gasteiger partial charge in [-0.1, -0.05) is 60.7 Å². The van der Waals surface area contributed by atoms with Crippen molar-refractivity contribution in [2.45, 2.75) is 26.4 Å². The van der Waals surface area contributed by atoms with E-state index in [0.29, 0.717) is 11.3 Å². The number of rotatable bonds is 6. The lowest BCUT2D eigenvalue weighted by molar-refractivity contribution is -0.116. The van der Waals surface area contributed by atoms with E-state index in [1.54, 1.807) is 18.2 Å². The number of nitrogens with zero attached hydrogens (tertiary/aromatic N) is 1. The van der Waals surface area contributed by atoms with Gasteiger partial charge in [0.1, 0.15) is 6.54 Å². The highest BCUT2D eigenvalue weighted by Gasteiger charge is 2.17. The monoisotopic (exact) mass is 411 g/mol. The highest BCUT2D eigenvalue weighted by atomic mass is 16.2. The molecule has 4 aromatic rings. The third-order valence-corrected chi connectivity index (χ3v) is 5.41. The van der Waals surface area contributed by atoms with Crippen molar-refractivity contribution in [1.29, 1.82) is 0 Å². The number of aromatic nitrogens is 1. The van der Waals surface area contributed by atoms with E-state index in [1.807, 2.05) is 79.1 Å². The van der Waals surface area contributed by atoms with Gasteiger partial charge in [0.15, 0.2) is 0 Å². The lowest BCUT2D eigenvalue weighted by Gasteiger charge is -2.17. The summed E-state index contributed by atoms with van der Waals surface area (Å²) in [6.45, 7) is 4.10. The van der Waals surface area contributed by atoms with Crippen LogP contribution >= 0.6 is 0 Å². The number of benzene rings is 3. The molecule has 31 heavy (non-hydrogen) atoms. The second-order valence-electron chi connectivity index (χ2n) is 7.63. The first-order valence-electron chi connectivity index (χ1n) is 10.3. The predicted octanol–water partition coefficient (Wildman–Crippen LogP) is 5.08. The van der Waals surface area contributed by atoms with E-state index >= 15 is 0 Å². The predicted molar refractivity (Wildman–Crippen MR) is 124 cm³/mol. The SMILES string of the molecule is Cc1cc2ccccc2n1CC(=O)Nc1ccccc1C(=O)NC(C)c1ccccc1. The van der Waals surface area contributed by atoms with Crippen molar-refractivity contribution < 1.29 is 9.59 Å². The highest BCUT2D eigenvalue weighted by molar-refractivity contribution is 6.04. The number of carbonyl (C=O) groups is 2. The van der Waals surface area contributed by atoms with Gasteiger partial charge >= 0.3 is 0 Å². The summed E-state index contributed by atoms with van der Waals surface area (Å²) in [6, 6.07) is 26.8. The van der Waals surface area contributed by atoms with Crippen molar-refractivity contribution in [2.24, 2.45) is 0 Å². The molecule has 0 spiro atoms. The molecule has 2 amide bonds. The molecule has 0 bridgehead atoms. The number of nitrogens with one attached hydrogen (secondary N) is 2. The Morgan fingerprint density at radius 2 is 1.58 bits per heavy atom. The Labute approximate surface area is 181 Å². The van der Waals surface area contributed by atoms with Gasteiger partial charge in [-0.05, 0) is 49.1 Å². The van der Waals surface area contributed by atoms with Crippen LogP contribution in [-0.4, -0.2) is 16.4 Å². The third kappa shape index (κ3) is 4.51. The molecular formula is C26H25N3O2. The fourth-order valence-corrected chi connectivity index (χ4v) is 3.78. The fourth-order valence-electron chi connectivity index (χ4n) is 3.78. The van der Waals surface area contributed by atoms with Gasteiger partial charge in [0.05, 0.1) is 17.3 Å². The molecular weight excluding hydrogens is 386 g/mol. The lowest BCUT2D eigenvalue weighted by Crippen LogP contribution is -2.28. The van der Waals surface area contributed by atoms with Gasteiger partial charge in [-0.2, -0.15) is 0 Å². The summed E-state index contributed by atoms with van der Waals surface area (Å²) in [4.78, 5) is 25.7. The van der Waals surface area contributed by atoms with E-state index in [2.05, 4.69) is 16.7 Å². The molecule has 1 unspecified atom stereocenters. The minimum Gasteiger partial charge on any atom is -0.345 e. The van der Waals surface area contributed by atoms with Crippen LogP contribution in [0, 0.1) is 6.92 Å². The van der Waals surface area contributed by atoms with Crippen LogP contribution < -0.4 is 10.6 Å². The number of hydrogen-bond acceptors (Lipinski definition) is 2. The van der Waals surface area contributed by atoms with Crippen LogP contribution in [0.15, 0.2) is 84.9 Å². The number of carbonyl (C=O) groups excluding carboxylic acids is 2. The van der Waals surface area contributed by atoms with Crippen LogP contribution in [0.3, 0.4) is 0 Å². The molecule has 4 rings (SSSR count). The molecule has 0 aliphatic rings. The topological polar surface area (TPSA) is 63.1 Å². The highest BCUT2D eigenvalue weighted by Crippen LogP contribution is 2.21. The first-order valence-corrected chi connectivity index (χ1v) is 10.3. The van der Waals surface area contributed by atoms with E-state index in [-0.39, 0.29) is 24.4 Å². The van der Waals surface area contributed by atoms with Crippen LogP contribution in [0.25, 0.3) is 10.9 Å². The van der Waals surface area contributed by atoms with Crippen LogP contribution in [-0.2, 0) is 11.3 Å². The van der Waals surface area contributed by atoms with Crippen LogP contribution in [0.5, 0.6) is 0 Å². The molecule has 1 heterocycles. The van der Waals surface area contributed by atoms with Gasteiger partial charge in [-0.3, -0.25) is 9.59 Å². The summed E-state index contributed by atoms with van der Waals surface area (Å²) >= 11 is 0. The summed E-state index contributed by atoms with van der Waals surface area (Å²) in [5.74, 6) is -0.407. The molecule has 3 aromatic carbocycles. The average molecular weight is 412 g/mol. The minimum atomic E-state index is -0.227. The Hall–Kier alpha value is -3.86. The normalized spacial score (nSPS) is 11.8. The maximum atomic E-state index is 12.9. The van der Waals surface area contributed by atoms with Crippen LogP contribution in [0.1, 0.15) is 34.6 Å². The fraction of sp³-hybridized carbons (Fsp3) is 0.154. The maximum Gasteiger partial charge on any atom is 0.253 e. The third-order valence-electron chi connectivity index (χ3n) is 5.41. The molecule has 0 saturated carbocycles. The second-order valence-corrected chi connectivity index (χ2v) is 7.63. The number of aryl methyl sites for hydroxylation is 1. The molecule has 0 radical (unpaired) electrons. The molecule has 5 nitrogen and oxygen atoms in total. The first-order chi connectivity index (χ1) is 15.0. The number of hydrogen-bond donors (Lipinski definition) is 2. The zero-order chi connectivity index (χ0) is 21.8. The van der Waals surface area contributed by atoms with Crippen LogP contribution in [0.2, 0.25) is 0 Å². The summed E-state index contributed by atoms with van der Waals surface area (Å²) in [5, 5.41) is 7.02. The Morgan fingerprint density at radius 3 is 2.39 bits per heavy atom. The van der Waals surface area contributed by atoms with Crippen molar-refractivity contribution in [2.75, 3.05) is 5.32 Å². The van der Waals surface area contributed by atoms with Gasteiger partial charge in [-0.25, -0.2) is 0 Å². The van der Waals surface area contributed by atoms with Crippen LogP contribution in [0.4, 0.5) is 5.69 Å². The van der Waals surface area contributed by atoms with E-state index in [4.69, 9.17) is 0 Å². The lowest BCUT2D eigenvalue weighted by atomic mass is 10.1. The number of fused-ring (bicyclic) bond motifs is 1. The van der Waals surface area contributed by atoms with Gasteiger partial charge in [-0.15, -0.1) is 0 Å². The van der Waals surface area contributed by atoms with E-state index in [1.165, 1.54) is 0 Å². The number of amides is 2. The average Bonchev–Trinajstić information content (AvgIpc) is 3.09. The van der Waals surface area contributed by atoms with Gasteiger partial charge < -0.3 is 15.2 Å². The zero-order valence-corrected chi connectivity index (χ0v) is 17.6. The zero-order valence-electron chi connectivity index (χ0n) is 17.6.